The van der Waals surface area contributed by atoms with Crippen LogP contribution in [0, 0.1) is 0 Å². The second-order valence-corrected chi connectivity index (χ2v) is 7.74. The van der Waals surface area contributed by atoms with Gasteiger partial charge in [-0.1, -0.05) is 6.92 Å². The molecule has 0 aliphatic carbocycles. The number of anilines is 1. The number of ether oxygens (including phenoxy) is 2. The lowest BCUT2D eigenvalue weighted by Crippen LogP contribution is -2.22. The van der Waals surface area contributed by atoms with Crippen LogP contribution in [-0.4, -0.2) is 39.1 Å². The van der Waals surface area contributed by atoms with Gasteiger partial charge in [0, 0.05) is 18.9 Å². The Kier molecular flexibility index (Phi) is 4.66. The van der Waals surface area contributed by atoms with Crippen molar-refractivity contribution in [1.29, 1.82) is 0 Å². The lowest BCUT2D eigenvalue weighted by molar-refractivity contribution is 0.354. The van der Waals surface area contributed by atoms with Crippen LogP contribution in [0.25, 0.3) is 22.0 Å². The van der Waals surface area contributed by atoms with E-state index in [1.165, 1.54) is 22.5 Å². The van der Waals surface area contributed by atoms with Gasteiger partial charge in [-0.3, -0.25) is 0 Å². The van der Waals surface area contributed by atoms with Crippen LogP contribution in [0.2, 0.25) is 0 Å². The molecular weight excluding hydrogens is 400 g/mol. The van der Waals surface area contributed by atoms with E-state index < -0.39 is 0 Å². The van der Waals surface area contributed by atoms with Gasteiger partial charge in [0.2, 0.25) is 5.82 Å². The molecule has 0 bridgehead atoms. The summed E-state index contributed by atoms with van der Waals surface area (Å²) in [5, 5.41) is 0. The van der Waals surface area contributed by atoms with E-state index in [1.54, 1.807) is 38.2 Å². The highest BCUT2D eigenvalue weighted by Gasteiger charge is 2.33. The lowest BCUT2D eigenvalue weighted by Gasteiger charge is -2.25. The Morgan fingerprint density at radius 3 is 2.53 bits per heavy atom. The van der Waals surface area contributed by atoms with E-state index in [0.717, 1.165) is 34.1 Å². The van der Waals surface area contributed by atoms with Crippen LogP contribution in [0.5, 0.6) is 11.5 Å². The van der Waals surface area contributed by atoms with Crippen LogP contribution in [0.3, 0.4) is 0 Å². The summed E-state index contributed by atoms with van der Waals surface area (Å²) < 4.78 is 11.0. The van der Waals surface area contributed by atoms with Gasteiger partial charge in [-0.15, -0.1) is 11.3 Å². The van der Waals surface area contributed by atoms with Crippen LogP contribution < -0.4 is 14.4 Å². The first-order valence-electron chi connectivity index (χ1n) is 9.63. The molecule has 1 aliphatic heterocycles. The third-order valence-corrected chi connectivity index (χ3v) is 6.04. The summed E-state index contributed by atoms with van der Waals surface area (Å²) in [7, 11) is 3.32. The minimum Gasteiger partial charge on any atom is -0.493 e. The van der Waals surface area contributed by atoms with E-state index >= 15 is 0 Å². The first-order chi connectivity index (χ1) is 14.7. The number of aromatic nitrogens is 5. The first-order valence-corrected chi connectivity index (χ1v) is 10.5. The molecule has 152 valence electrons. The maximum absolute atomic E-state index is 5.53. The molecule has 0 N–H and O–H groups in total. The van der Waals surface area contributed by atoms with E-state index in [2.05, 4.69) is 43.9 Å². The average molecular weight is 420 g/mol. The summed E-state index contributed by atoms with van der Waals surface area (Å²) in [6, 6.07) is 6.05. The number of rotatable bonds is 5. The zero-order valence-corrected chi connectivity index (χ0v) is 17.7. The number of hydrogen-bond donors (Lipinski definition) is 0. The minimum absolute atomic E-state index is 0.143. The quantitative estimate of drug-likeness (QED) is 0.478. The van der Waals surface area contributed by atoms with E-state index in [9.17, 15) is 0 Å². The summed E-state index contributed by atoms with van der Waals surface area (Å²) in [5.74, 6) is 3.26. The van der Waals surface area contributed by atoms with E-state index in [-0.39, 0.29) is 6.04 Å². The maximum Gasteiger partial charge on any atom is 0.201 e. The molecule has 8 nitrogen and oxygen atoms in total. The molecule has 1 unspecified atom stereocenters. The highest BCUT2D eigenvalue weighted by Crippen LogP contribution is 2.45. The largest absolute Gasteiger partial charge is 0.493 e. The van der Waals surface area contributed by atoms with Crippen LogP contribution in [0.1, 0.15) is 30.5 Å². The number of fused-ring (bicyclic) bond motifs is 2. The Hall–Kier alpha value is -3.33. The molecule has 0 amide bonds. The molecule has 4 heterocycles. The van der Waals surface area contributed by atoms with Gasteiger partial charge in [-0.2, -0.15) is 0 Å². The van der Waals surface area contributed by atoms with Gasteiger partial charge in [-0.05, 0) is 35.7 Å². The maximum atomic E-state index is 5.53. The van der Waals surface area contributed by atoms with Gasteiger partial charge < -0.3 is 14.4 Å². The van der Waals surface area contributed by atoms with Crippen molar-refractivity contribution in [2.24, 2.45) is 0 Å². The normalized spacial score (nSPS) is 15.4. The standard InChI is InChI=1S/C21H20N6O2S/c1-4-14-13-9-16(29-3)15(28-2)8-12(13)10-27(14)20-17-21(30-11-24-17)26-19(25-20)18-22-6-5-7-23-18/h5-9,11,14H,4,10H2,1-3H3. The van der Waals surface area contributed by atoms with Gasteiger partial charge in [-0.25, -0.2) is 24.9 Å². The third kappa shape index (κ3) is 2.93. The molecule has 0 fully saturated rings. The summed E-state index contributed by atoms with van der Waals surface area (Å²) >= 11 is 1.49. The third-order valence-electron chi connectivity index (χ3n) is 5.33. The van der Waals surface area contributed by atoms with Gasteiger partial charge in [0.25, 0.3) is 0 Å². The Balaban J connectivity index is 1.65. The van der Waals surface area contributed by atoms with Gasteiger partial charge >= 0.3 is 0 Å². The molecule has 0 saturated heterocycles. The SMILES string of the molecule is CCC1c2cc(OC)c(OC)cc2CN1c1nc(-c2ncccn2)nc2scnc12. The highest BCUT2D eigenvalue weighted by molar-refractivity contribution is 7.16. The monoisotopic (exact) mass is 420 g/mol. The number of nitrogens with zero attached hydrogens (tertiary/aromatic N) is 6. The Morgan fingerprint density at radius 2 is 1.80 bits per heavy atom. The Morgan fingerprint density at radius 1 is 1.03 bits per heavy atom. The van der Waals surface area contributed by atoms with Crippen molar-refractivity contribution in [2.45, 2.75) is 25.9 Å². The fourth-order valence-electron chi connectivity index (χ4n) is 3.97. The van der Waals surface area contributed by atoms with Crippen molar-refractivity contribution in [2.75, 3.05) is 19.1 Å². The van der Waals surface area contributed by atoms with Crippen LogP contribution in [0.15, 0.2) is 36.1 Å². The van der Waals surface area contributed by atoms with Crippen molar-refractivity contribution in [3.05, 3.63) is 47.2 Å². The number of hydrogen-bond acceptors (Lipinski definition) is 9. The fourth-order valence-corrected chi connectivity index (χ4v) is 4.62. The molecular formula is C21H20N6O2S. The predicted octanol–water partition coefficient (Wildman–Crippen LogP) is 4.03. The van der Waals surface area contributed by atoms with Crippen molar-refractivity contribution in [3.63, 3.8) is 0 Å². The zero-order valence-electron chi connectivity index (χ0n) is 16.9. The molecule has 3 aromatic heterocycles. The predicted molar refractivity (Wildman–Crippen MR) is 115 cm³/mol. The number of benzene rings is 1. The molecule has 5 rings (SSSR count). The molecule has 0 radical (unpaired) electrons. The molecule has 1 aliphatic rings. The topological polar surface area (TPSA) is 86.2 Å². The van der Waals surface area contributed by atoms with Crippen molar-refractivity contribution in [3.8, 4) is 23.1 Å². The Bertz CT molecular complexity index is 1210. The minimum atomic E-state index is 0.143. The molecule has 1 atom stereocenters. The molecule has 4 aromatic rings. The highest BCUT2D eigenvalue weighted by atomic mass is 32.1. The number of thiazole rings is 1. The van der Waals surface area contributed by atoms with Crippen LogP contribution >= 0.6 is 11.3 Å². The Labute approximate surface area is 177 Å². The molecule has 9 heteroatoms. The second kappa shape index (κ2) is 7.49. The zero-order chi connectivity index (χ0) is 20.7. The van der Waals surface area contributed by atoms with Gasteiger partial charge in [0.1, 0.15) is 10.3 Å². The van der Waals surface area contributed by atoms with Crippen molar-refractivity contribution in [1.82, 2.24) is 24.9 Å². The fraction of sp³-hybridized carbons (Fsp3) is 0.286. The summed E-state index contributed by atoms with van der Waals surface area (Å²) in [6.45, 7) is 2.87. The van der Waals surface area contributed by atoms with Crippen molar-refractivity contribution >= 4 is 27.5 Å². The average Bonchev–Trinajstić information content (AvgIpc) is 3.41. The smallest absolute Gasteiger partial charge is 0.201 e. The van der Waals surface area contributed by atoms with E-state index in [0.29, 0.717) is 18.2 Å². The van der Waals surface area contributed by atoms with Gasteiger partial charge in [0.15, 0.2) is 23.1 Å². The summed E-state index contributed by atoms with van der Waals surface area (Å²) in [6.07, 6.45) is 4.30. The summed E-state index contributed by atoms with van der Waals surface area (Å²) in [4.78, 5) is 25.8. The second-order valence-electron chi connectivity index (χ2n) is 6.91. The van der Waals surface area contributed by atoms with Crippen LogP contribution in [0.4, 0.5) is 5.82 Å². The summed E-state index contributed by atoms with van der Waals surface area (Å²) in [5.41, 5.74) is 5.01. The first kappa shape index (κ1) is 18.7. The lowest BCUT2D eigenvalue weighted by atomic mass is 10.0. The number of methoxy groups -OCH3 is 2. The van der Waals surface area contributed by atoms with Gasteiger partial charge in [0.05, 0.1) is 25.8 Å². The molecule has 30 heavy (non-hydrogen) atoms. The molecule has 0 saturated carbocycles. The molecule has 1 aromatic carbocycles. The van der Waals surface area contributed by atoms with Crippen molar-refractivity contribution < 1.29 is 9.47 Å². The van der Waals surface area contributed by atoms with E-state index in [1.807, 2.05) is 0 Å². The van der Waals surface area contributed by atoms with Crippen LogP contribution in [-0.2, 0) is 6.54 Å². The van der Waals surface area contributed by atoms with E-state index in [4.69, 9.17) is 14.5 Å². The molecule has 0 spiro atoms.